The number of furan rings is 1. The monoisotopic (exact) mass is 433 g/mol. The van der Waals surface area contributed by atoms with Crippen LogP contribution in [0.15, 0.2) is 70.2 Å². The number of rotatable bonds is 5. The molecule has 0 unspecified atom stereocenters. The summed E-state index contributed by atoms with van der Waals surface area (Å²) < 4.78 is 6.82. The van der Waals surface area contributed by atoms with E-state index < -0.39 is 4.92 Å². The van der Waals surface area contributed by atoms with Crippen LogP contribution in [0.2, 0.25) is 0 Å². The van der Waals surface area contributed by atoms with Gasteiger partial charge in [0.25, 0.3) is 5.69 Å². The van der Waals surface area contributed by atoms with Crippen molar-refractivity contribution in [1.82, 2.24) is 0 Å². The number of nitro benzene ring substituents is 1. The van der Waals surface area contributed by atoms with Crippen LogP contribution in [-0.2, 0) is 0 Å². The zero-order valence-electron chi connectivity index (χ0n) is 12.3. The third-order valence-corrected chi connectivity index (χ3v) is 3.94. The lowest BCUT2D eigenvalue weighted by molar-refractivity contribution is -0.384. The molecule has 0 atom stereocenters. The molecule has 1 heterocycles. The van der Waals surface area contributed by atoms with E-state index in [0.717, 1.165) is 14.8 Å². The Morgan fingerprint density at radius 2 is 1.75 bits per heavy atom. The molecule has 120 valence electrons. The standard InChI is InChI=1S/C17H12IN3O3/c18-13-3-5-14(6-4-13)20-19-11-16-9-10-17(24-16)12-1-7-15(8-2-12)21(22)23/h1-11,20H. The minimum atomic E-state index is -0.430. The molecule has 3 aromatic rings. The molecule has 0 bridgehead atoms. The van der Waals surface area contributed by atoms with Crippen LogP contribution in [0.1, 0.15) is 5.76 Å². The maximum Gasteiger partial charge on any atom is 0.269 e. The van der Waals surface area contributed by atoms with Crippen molar-refractivity contribution in [2.45, 2.75) is 0 Å². The van der Waals surface area contributed by atoms with Crippen LogP contribution >= 0.6 is 22.6 Å². The first-order valence-corrected chi connectivity index (χ1v) is 8.09. The third kappa shape index (κ3) is 3.99. The highest BCUT2D eigenvalue weighted by Gasteiger charge is 2.07. The van der Waals surface area contributed by atoms with Crippen LogP contribution in [0.3, 0.4) is 0 Å². The molecule has 1 aromatic heterocycles. The van der Waals surface area contributed by atoms with Gasteiger partial charge in [-0.25, -0.2) is 0 Å². The number of nitrogens with one attached hydrogen (secondary N) is 1. The first-order chi connectivity index (χ1) is 11.6. The molecule has 7 heteroatoms. The highest BCUT2D eigenvalue weighted by atomic mass is 127. The Hall–Kier alpha value is -2.68. The Labute approximate surface area is 151 Å². The predicted octanol–water partition coefficient (Wildman–Crippen LogP) is 4.91. The van der Waals surface area contributed by atoms with Crippen LogP contribution < -0.4 is 5.43 Å². The fourth-order valence-electron chi connectivity index (χ4n) is 2.02. The molecule has 0 aliphatic rings. The summed E-state index contributed by atoms with van der Waals surface area (Å²) in [5, 5.41) is 14.8. The molecule has 3 rings (SSSR count). The van der Waals surface area contributed by atoms with Crippen molar-refractivity contribution >= 4 is 40.2 Å². The maximum absolute atomic E-state index is 10.7. The molecule has 0 radical (unpaired) electrons. The van der Waals surface area contributed by atoms with Crippen molar-refractivity contribution in [2.24, 2.45) is 5.10 Å². The number of halogens is 1. The van der Waals surface area contributed by atoms with E-state index in [2.05, 4.69) is 33.1 Å². The predicted molar refractivity (Wildman–Crippen MR) is 101 cm³/mol. The summed E-state index contributed by atoms with van der Waals surface area (Å²) in [5.41, 5.74) is 4.62. The van der Waals surface area contributed by atoms with Gasteiger partial charge in [-0.1, -0.05) is 0 Å². The van der Waals surface area contributed by atoms with Gasteiger partial charge in [-0.2, -0.15) is 5.10 Å². The molecule has 2 aromatic carbocycles. The van der Waals surface area contributed by atoms with E-state index in [1.54, 1.807) is 30.5 Å². The van der Waals surface area contributed by atoms with E-state index in [4.69, 9.17) is 4.42 Å². The van der Waals surface area contributed by atoms with Crippen molar-refractivity contribution in [3.8, 4) is 11.3 Å². The molecular formula is C17H12IN3O3. The van der Waals surface area contributed by atoms with Gasteiger partial charge in [-0.3, -0.25) is 15.5 Å². The first kappa shape index (κ1) is 16.2. The van der Waals surface area contributed by atoms with E-state index >= 15 is 0 Å². The number of non-ortho nitro benzene ring substituents is 1. The van der Waals surface area contributed by atoms with Crippen LogP contribution in [0.5, 0.6) is 0 Å². The van der Waals surface area contributed by atoms with Crippen molar-refractivity contribution < 1.29 is 9.34 Å². The van der Waals surface area contributed by atoms with E-state index in [-0.39, 0.29) is 5.69 Å². The summed E-state index contributed by atoms with van der Waals surface area (Å²) in [5.74, 6) is 1.21. The van der Waals surface area contributed by atoms with Crippen molar-refractivity contribution in [1.29, 1.82) is 0 Å². The minimum Gasteiger partial charge on any atom is -0.455 e. The van der Waals surface area contributed by atoms with Gasteiger partial charge in [0.1, 0.15) is 11.5 Å². The Kier molecular flexibility index (Phi) is 4.90. The molecular weight excluding hydrogens is 421 g/mol. The number of hydrogen-bond acceptors (Lipinski definition) is 5. The Balaban J connectivity index is 1.67. The number of nitrogens with zero attached hydrogens (tertiary/aromatic N) is 2. The molecule has 0 aliphatic carbocycles. The second-order valence-corrected chi connectivity index (χ2v) is 6.13. The smallest absolute Gasteiger partial charge is 0.269 e. The minimum absolute atomic E-state index is 0.0498. The average Bonchev–Trinajstić information content (AvgIpc) is 3.06. The molecule has 1 N–H and O–H groups in total. The summed E-state index contributed by atoms with van der Waals surface area (Å²) in [6.07, 6.45) is 1.58. The van der Waals surface area contributed by atoms with Crippen molar-refractivity contribution in [2.75, 3.05) is 5.43 Å². The van der Waals surface area contributed by atoms with Gasteiger partial charge in [0.05, 0.1) is 16.8 Å². The number of nitro groups is 1. The summed E-state index contributed by atoms with van der Waals surface area (Å²) in [4.78, 5) is 10.2. The highest BCUT2D eigenvalue weighted by molar-refractivity contribution is 14.1. The zero-order valence-corrected chi connectivity index (χ0v) is 14.5. The zero-order chi connectivity index (χ0) is 16.9. The quantitative estimate of drug-likeness (QED) is 0.269. The number of benzene rings is 2. The lowest BCUT2D eigenvalue weighted by atomic mass is 10.1. The van der Waals surface area contributed by atoms with Gasteiger partial charge < -0.3 is 4.42 Å². The summed E-state index contributed by atoms with van der Waals surface area (Å²) >= 11 is 2.24. The van der Waals surface area contributed by atoms with Crippen molar-refractivity contribution in [3.63, 3.8) is 0 Å². The average molecular weight is 433 g/mol. The summed E-state index contributed by atoms with van der Waals surface area (Å²) in [7, 11) is 0. The number of hydrogen-bond donors (Lipinski definition) is 1. The van der Waals surface area contributed by atoms with Gasteiger partial charge in [0.2, 0.25) is 0 Å². The van der Waals surface area contributed by atoms with Crippen LogP contribution in [0.25, 0.3) is 11.3 Å². The molecule has 0 saturated carbocycles. The Morgan fingerprint density at radius 1 is 1.04 bits per heavy atom. The second kappa shape index (κ2) is 7.26. The van der Waals surface area contributed by atoms with Crippen LogP contribution in [0, 0.1) is 13.7 Å². The van der Waals surface area contributed by atoms with Gasteiger partial charge in [-0.05, 0) is 71.1 Å². The van der Waals surface area contributed by atoms with Gasteiger partial charge in [-0.15, -0.1) is 0 Å². The van der Waals surface area contributed by atoms with Gasteiger partial charge >= 0.3 is 0 Å². The van der Waals surface area contributed by atoms with E-state index in [0.29, 0.717) is 11.5 Å². The summed E-state index contributed by atoms with van der Waals surface area (Å²) in [6.45, 7) is 0. The molecule has 0 amide bonds. The fourth-order valence-corrected chi connectivity index (χ4v) is 2.38. The van der Waals surface area contributed by atoms with E-state index in [9.17, 15) is 10.1 Å². The van der Waals surface area contributed by atoms with E-state index in [1.165, 1.54) is 12.1 Å². The van der Waals surface area contributed by atoms with Gasteiger partial charge in [0, 0.05) is 21.3 Å². The van der Waals surface area contributed by atoms with Crippen LogP contribution in [0.4, 0.5) is 11.4 Å². The number of anilines is 1. The van der Waals surface area contributed by atoms with E-state index in [1.807, 2.05) is 24.3 Å². The first-order valence-electron chi connectivity index (χ1n) is 7.01. The molecule has 0 spiro atoms. The molecule has 0 saturated heterocycles. The van der Waals surface area contributed by atoms with Crippen LogP contribution in [-0.4, -0.2) is 11.1 Å². The fraction of sp³-hybridized carbons (Fsp3) is 0. The molecule has 0 fully saturated rings. The normalized spacial score (nSPS) is 10.9. The summed E-state index contributed by atoms with van der Waals surface area (Å²) in [6, 6.07) is 17.6. The number of hydrazone groups is 1. The molecule has 6 nitrogen and oxygen atoms in total. The van der Waals surface area contributed by atoms with Crippen molar-refractivity contribution in [3.05, 3.63) is 80.1 Å². The second-order valence-electron chi connectivity index (χ2n) is 4.88. The lowest BCUT2D eigenvalue weighted by Crippen LogP contribution is -1.89. The third-order valence-electron chi connectivity index (χ3n) is 3.22. The topological polar surface area (TPSA) is 80.7 Å². The molecule has 24 heavy (non-hydrogen) atoms. The molecule has 0 aliphatic heterocycles. The SMILES string of the molecule is O=[N+]([O-])c1ccc(-c2ccc(C=NNc3ccc(I)cc3)o2)cc1. The lowest BCUT2D eigenvalue weighted by Gasteiger charge is -1.99. The maximum atomic E-state index is 10.7. The largest absolute Gasteiger partial charge is 0.455 e. The Bertz CT molecular complexity index is 871. The van der Waals surface area contributed by atoms with Gasteiger partial charge in [0.15, 0.2) is 0 Å². The highest BCUT2D eigenvalue weighted by Crippen LogP contribution is 2.24. The Morgan fingerprint density at radius 3 is 2.42 bits per heavy atom.